The van der Waals surface area contributed by atoms with Crippen LogP contribution in [0.5, 0.6) is 5.75 Å². The fourth-order valence-corrected chi connectivity index (χ4v) is 4.27. The summed E-state index contributed by atoms with van der Waals surface area (Å²) >= 11 is 0. The maximum atomic E-state index is 11.8. The van der Waals surface area contributed by atoms with E-state index in [2.05, 4.69) is 41.5 Å². The molecule has 0 saturated carbocycles. The number of hydrogen-bond donors (Lipinski definition) is 1. The van der Waals surface area contributed by atoms with E-state index in [1.807, 2.05) is 17.0 Å². The number of anilines is 1. The molecule has 1 aromatic carbocycles. The summed E-state index contributed by atoms with van der Waals surface area (Å²) in [5, 5.41) is 11.0. The summed E-state index contributed by atoms with van der Waals surface area (Å²) in [7, 11) is -5.08. The van der Waals surface area contributed by atoms with Crippen molar-refractivity contribution >= 4 is 22.2 Å². The molecule has 2 atom stereocenters. The Morgan fingerprint density at radius 3 is 1.47 bits per heavy atom. The first kappa shape index (κ1) is 29.2. The van der Waals surface area contributed by atoms with Gasteiger partial charge in [-0.15, -0.1) is 0 Å². The number of rotatable bonds is 13. The molecule has 0 fully saturated rings. The van der Waals surface area contributed by atoms with Crippen LogP contribution in [0, 0.1) is 0 Å². The summed E-state index contributed by atoms with van der Waals surface area (Å²) < 4.78 is 44.2. The van der Waals surface area contributed by atoms with Gasteiger partial charge in [0.1, 0.15) is 5.75 Å². The molecule has 0 saturated heterocycles. The van der Waals surface area contributed by atoms with Crippen molar-refractivity contribution in [2.24, 2.45) is 0 Å². The minimum Gasteiger partial charge on any atom is -0.507 e. The van der Waals surface area contributed by atoms with Crippen molar-refractivity contribution in [1.29, 1.82) is 0 Å². The van der Waals surface area contributed by atoms with E-state index < -0.39 is 16.5 Å². The Bertz CT molecular complexity index is 714. The first-order valence-corrected chi connectivity index (χ1v) is 13.5. The van der Waals surface area contributed by atoms with Gasteiger partial charge in [0.25, 0.3) is 0 Å². The highest BCUT2D eigenvalue weighted by Crippen LogP contribution is 2.42. The predicted molar refractivity (Wildman–Crippen MR) is 131 cm³/mol. The highest BCUT2D eigenvalue weighted by molar-refractivity contribution is 7.33. The van der Waals surface area contributed by atoms with E-state index in [1.165, 1.54) is 0 Å². The molecule has 1 rings (SSSR count). The molecule has 0 amide bonds. The maximum absolute atomic E-state index is 11.8. The molecule has 1 N–H and O–H groups in total. The molecule has 186 valence electrons. The lowest BCUT2D eigenvalue weighted by Gasteiger charge is -2.32. The zero-order valence-corrected chi connectivity index (χ0v) is 22.7. The van der Waals surface area contributed by atoms with Crippen LogP contribution in [0.1, 0.15) is 66.5 Å². The molecule has 0 aliphatic heterocycles. The van der Waals surface area contributed by atoms with Gasteiger partial charge < -0.3 is 28.1 Å². The standard InChI is InChI=1S/C22H41NO7P2/c1-9-27-31(25)29-13-11-23(12-14-30-32(26)28-10-2)17-15-18(21(3,4)5)20(24)19(16-17)22(6,7)8/h15-16,24,31-32H,9-14H2,1-8H3. The zero-order chi connectivity index (χ0) is 24.5. The third-order valence-corrected chi connectivity index (χ3v) is 6.69. The van der Waals surface area contributed by atoms with Crippen LogP contribution >= 0.6 is 16.5 Å². The van der Waals surface area contributed by atoms with Crippen LogP contribution in [-0.4, -0.2) is 44.6 Å². The van der Waals surface area contributed by atoms with E-state index in [9.17, 15) is 14.2 Å². The summed E-state index contributed by atoms with van der Waals surface area (Å²) in [6.45, 7) is 17.7. The van der Waals surface area contributed by atoms with Gasteiger partial charge in [0.05, 0.1) is 26.4 Å². The molecule has 32 heavy (non-hydrogen) atoms. The zero-order valence-electron chi connectivity index (χ0n) is 20.7. The Morgan fingerprint density at radius 2 is 1.16 bits per heavy atom. The quantitative estimate of drug-likeness (QED) is 0.351. The molecule has 0 spiro atoms. The largest absolute Gasteiger partial charge is 0.507 e. The summed E-state index contributed by atoms with van der Waals surface area (Å²) in [6.07, 6.45) is 0. The highest BCUT2D eigenvalue weighted by atomic mass is 31.1. The first-order chi connectivity index (χ1) is 14.8. The van der Waals surface area contributed by atoms with Crippen molar-refractivity contribution in [2.45, 2.75) is 66.2 Å². The smallest absolute Gasteiger partial charge is 0.319 e. The number of phenols is 1. The van der Waals surface area contributed by atoms with Crippen LogP contribution in [0.4, 0.5) is 5.69 Å². The number of hydrogen-bond acceptors (Lipinski definition) is 8. The Balaban J connectivity index is 3.24. The molecule has 10 heteroatoms. The lowest BCUT2D eigenvalue weighted by atomic mass is 9.79. The summed E-state index contributed by atoms with van der Waals surface area (Å²) in [5.41, 5.74) is 1.98. The molecule has 1 aromatic rings. The van der Waals surface area contributed by atoms with Crippen LogP contribution < -0.4 is 4.90 Å². The second-order valence-electron chi connectivity index (χ2n) is 9.44. The molecule has 0 bridgehead atoms. The maximum Gasteiger partial charge on any atom is 0.319 e. The van der Waals surface area contributed by atoms with Crippen molar-refractivity contribution in [3.05, 3.63) is 23.3 Å². The molecule has 2 unspecified atom stereocenters. The van der Waals surface area contributed by atoms with Gasteiger partial charge in [0.15, 0.2) is 0 Å². The van der Waals surface area contributed by atoms with Gasteiger partial charge >= 0.3 is 16.5 Å². The lowest BCUT2D eigenvalue weighted by molar-refractivity contribution is 0.229. The number of aromatic hydroxyl groups is 1. The average molecular weight is 494 g/mol. The van der Waals surface area contributed by atoms with Crippen molar-refractivity contribution in [2.75, 3.05) is 44.4 Å². The Kier molecular flexibility index (Phi) is 12.0. The predicted octanol–water partition coefficient (Wildman–Crippen LogP) is 5.68. The molecule has 0 heterocycles. The third-order valence-electron chi connectivity index (χ3n) is 4.76. The molecule has 8 nitrogen and oxygen atoms in total. The summed E-state index contributed by atoms with van der Waals surface area (Å²) in [5.74, 6) is 0.295. The van der Waals surface area contributed by atoms with Gasteiger partial charge in [0, 0.05) is 29.9 Å². The number of benzene rings is 1. The Labute approximate surface area is 194 Å². The topological polar surface area (TPSA) is 94.5 Å². The highest BCUT2D eigenvalue weighted by Gasteiger charge is 2.27. The molecular formula is C22H41NO7P2. The molecule has 0 aliphatic carbocycles. The molecular weight excluding hydrogens is 452 g/mol. The third kappa shape index (κ3) is 9.54. The summed E-state index contributed by atoms with van der Waals surface area (Å²) in [4.78, 5) is 2.01. The van der Waals surface area contributed by atoms with E-state index in [-0.39, 0.29) is 24.0 Å². The van der Waals surface area contributed by atoms with Gasteiger partial charge in [-0.25, -0.2) is 0 Å². The van der Waals surface area contributed by atoms with Gasteiger partial charge in [-0.1, -0.05) is 41.5 Å². The normalized spacial score (nSPS) is 14.4. The van der Waals surface area contributed by atoms with E-state index in [0.717, 1.165) is 16.8 Å². The van der Waals surface area contributed by atoms with Crippen molar-refractivity contribution in [3.8, 4) is 5.75 Å². The minimum absolute atomic E-state index is 0.190. The Morgan fingerprint density at radius 1 is 0.781 bits per heavy atom. The van der Waals surface area contributed by atoms with Crippen molar-refractivity contribution in [1.82, 2.24) is 0 Å². The van der Waals surface area contributed by atoms with Crippen molar-refractivity contribution < 1.29 is 32.3 Å². The first-order valence-electron chi connectivity index (χ1n) is 11.0. The Hall–Kier alpha value is -0.880. The number of phenolic OH excluding ortho intramolecular Hbond substituents is 1. The molecule has 0 aliphatic rings. The van der Waals surface area contributed by atoms with Gasteiger partial charge in [0.2, 0.25) is 0 Å². The van der Waals surface area contributed by atoms with Gasteiger partial charge in [-0.05, 0) is 36.8 Å². The average Bonchev–Trinajstić information content (AvgIpc) is 2.65. The minimum atomic E-state index is -2.54. The molecule has 0 radical (unpaired) electrons. The SMILES string of the molecule is CCO[PH](=O)OCCN(CCO[PH](=O)OCC)c1cc(C(C)(C)C)c(O)c(C(C)(C)C)c1. The van der Waals surface area contributed by atoms with E-state index >= 15 is 0 Å². The fraction of sp³-hybridized carbons (Fsp3) is 0.727. The fourth-order valence-electron chi connectivity index (χ4n) is 3.11. The second-order valence-corrected chi connectivity index (χ2v) is 11.6. The van der Waals surface area contributed by atoms with Gasteiger partial charge in [-0.2, -0.15) is 0 Å². The second kappa shape index (κ2) is 13.1. The number of nitrogens with zero attached hydrogens (tertiary/aromatic N) is 1. The van der Waals surface area contributed by atoms with E-state index in [0.29, 0.717) is 32.1 Å². The van der Waals surface area contributed by atoms with E-state index in [4.69, 9.17) is 18.1 Å². The van der Waals surface area contributed by atoms with Crippen LogP contribution in [0.25, 0.3) is 0 Å². The summed E-state index contributed by atoms with van der Waals surface area (Å²) in [6, 6.07) is 3.92. The van der Waals surface area contributed by atoms with Crippen LogP contribution in [-0.2, 0) is 38.1 Å². The lowest BCUT2D eigenvalue weighted by Crippen LogP contribution is -2.31. The monoisotopic (exact) mass is 493 g/mol. The van der Waals surface area contributed by atoms with Gasteiger partial charge in [-0.3, -0.25) is 9.13 Å². The van der Waals surface area contributed by atoms with E-state index in [1.54, 1.807) is 13.8 Å². The van der Waals surface area contributed by atoms with Crippen molar-refractivity contribution in [3.63, 3.8) is 0 Å². The molecule has 0 aromatic heterocycles. The van der Waals surface area contributed by atoms with Crippen LogP contribution in [0.3, 0.4) is 0 Å². The van der Waals surface area contributed by atoms with Crippen LogP contribution in [0.2, 0.25) is 0 Å². The van der Waals surface area contributed by atoms with Crippen LogP contribution in [0.15, 0.2) is 12.1 Å².